The molecule has 8 heteroatoms. The van der Waals surface area contributed by atoms with Gasteiger partial charge < -0.3 is 15.0 Å². The molecule has 1 saturated heterocycles. The van der Waals surface area contributed by atoms with E-state index in [2.05, 4.69) is 22.2 Å². The van der Waals surface area contributed by atoms with Gasteiger partial charge in [-0.3, -0.25) is 19.2 Å². The molecule has 1 N–H and O–H groups in total. The lowest BCUT2D eigenvalue weighted by atomic mass is 10.00. The molecule has 1 aromatic heterocycles. The number of ether oxygens (including phenoxy) is 1. The molecule has 1 atom stereocenters. The molecule has 2 heterocycles. The Morgan fingerprint density at radius 2 is 2.10 bits per heavy atom. The van der Waals surface area contributed by atoms with E-state index in [0.29, 0.717) is 26.2 Å². The summed E-state index contributed by atoms with van der Waals surface area (Å²) in [6.07, 6.45) is 4.67. The second-order valence-electron chi connectivity index (χ2n) is 8.25. The minimum absolute atomic E-state index is 0.0291. The highest BCUT2D eigenvalue weighted by Crippen LogP contribution is 2.26. The lowest BCUT2D eigenvalue weighted by Gasteiger charge is -2.36. The molecule has 31 heavy (non-hydrogen) atoms. The first-order valence-electron chi connectivity index (χ1n) is 10.7. The van der Waals surface area contributed by atoms with Gasteiger partial charge in [0, 0.05) is 46.5 Å². The topological polar surface area (TPSA) is 79.7 Å². The van der Waals surface area contributed by atoms with Gasteiger partial charge in [-0.05, 0) is 48.6 Å². The van der Waals surface area contributed by atoms with Gasteiger partial charge in [0.2, 0.25) is 11.8 Å². The van der Waals surface area contributed by atoms with Crippen LogP contribution in [-0.4, -0.2) is 71.2 Å². The van der Waals surface area contributed by atoms with E-state index in [1.807, 2.05) is 38.5 Å². The van der Waals surface area contributed by atoms with E-state index in [0.717, 1.165) is 34.4 Å². The Labute approximate surface area is 184 Å². The molecule has 168 valence electrons. The molecule has 2 amide bonds. The monoisotopic (exact) mass is 427 g/mol. The Bertz CT molecular complexity index is 939. The van der Waals surface area contributed by atoms with Gasteiger partial charge in [-0.2, -0.15) is 5.10 Å². The quantitative estimate of drug-likeness (QED) is 0.690. The Kier molecular flexibility index (Phi) is 7.33. The number of nitrogens with one attached hydrogen (secondary N) is 1. The first-order valence-corrected chi connectivity index (χ1v) is 10.7. The van der Waals surface area contributed by atoms with Crippen LogP contribution in [0.25, 0.3) is 0 Å². The molecular weight excluding hydrogens is 394 g/mol. The van der Waals surface area contributed by atoms with Crippen molar-refractivity contribution in [2.24, 2.45) is 7.05 Å². The molecule has 1 fully saturated rings. The predicted molar refractivity (Wildman–Crippen MR) is 119 cm³/mol. The van der Waals surface area contributed by atoms with Crippen LogP contribution in [0.15, 0.2) is 24.5 Å². The molecule has 8 nitrogen and oxygen atoms in total. The Hall–Kier alpha value is -2.87. The van der Waals surface area contributed by atoms with Gasteiger partial charge >= 0.3 is 0 Å². The number of aromatic nitrogens is 2. The number of hydrogen-bond donors (Lipinski definition) is 1. The van der Waals surface area contributed by atoms with Crippen LogP contribution in [0.2, 0.25) is 0 Å². The van der Waals surface area contributed by atoms with Crippen molar-refractivity contribution in [3.63, 3.8) is 0 Å². The maximum Gasteiger partial charge on any atom is 0.237 e. The van der Waals surface area contributed by atoms with Crippen molar-refractivity contribution in [2.75, 3.05) is 33.8 Å². The van der Waals surface area contributed by atoms with Crippen molar-refractivity contribution in [2.45, 2.75) is 39.3 Å². The molecule has 0 saturated carbocycles. The van der Waals surface area contributed by atoms with E-state index in [4.69, 9.17) is 4.74 Å². The summed E-state index contributed by atoms with van der Waals surface area (Å²) in [5.74, 6) is 0.751. The number of rotatable bonds is 8. The average molecular weight is 428 g/mol. The Balaban J connectivity index is 1.65. The van der Waals surface area contributed by atoms with Crippen LogP contribution in [0.1, 0.15) is 28.7 Å². The average Bonchev–Trinajstić information content (AvgIpc) is 3.17. The van der Waals surface area contributed by atoms with Crippen LogP contribution >= 0.6 is 0 Å². The summed E-state index contributed by atoms with van der Waals surface area (Å²) in [5, 5.41) is 7.08. The molecule has 1 aromatic carbocycles. The van der Waals surface area contributed by atoms with E-state index in [1.165, 1.54) is 0 Å². The van der Waals surface area contributed by atoms with Gasteiger partial charge in [0.1, 0.15) is 5.75 Å². The molecule has 0 aliphatic carbocycles. The summed E-state index contributed by atoms with van der Waals surface area (Å²) >= 11 is 0. The molecule has 2 aromatic rings. The molecule has 3 rings (SSSR count). The zero-order chi connectivity index (χ0) is 22.5. The highest BCUT2D eigenvalue weighted by Gasteiger charge is 2.32. The fourth-order valence-corrected chi connectivity index (χ4v) is 3.98. The van der Waals surface area contributed by atoms with Crippen molar-refractivity contribution in [3.05, 3.63) is 46.8 Å². The van der Waals surface area contributed by atoms with Gasteiger partial charge in [-0.15, -0.1) is 0 Å². The minimum atomic E-state index is -0.469. The van der Waals surface area contributed by atoms with Crippen LogP contribution in [0.5, 0.6) is 5.75 Å². The maximum absolute atomic E-state index is 12.9. The lowest BCUT2D eigenvalue weighted by molar-refractivity contribution is -0.138. The zero-order valence-corrected chi connectivity index (χ0v) is 19.1. The zero-order valence-electron chi connectivity index (χ0n) is 19.1. The number of nitrogens with zero attached hydrogens (tertiary/aromatic N) is 4. The Morgan fingerprint density at radius 1 is 1.32 bits per heavy atom. The summed E-state index contributed by atoms with van der Waals surface area (Å²) in [7, 11) is 5.34. The van der Waals surface area contributed by atoms with Gasteiger partial charge in [0.15, 0.2) is 0 Å². The summed E-state index contributed by atoms with van der Waals surface area (Å²) in [5.41, 5.74) is 4.49. The summed E-state index contributed by atoms with van der Waals surface area (Å²) in [4.78, 5) is 29.3. The SMILES string of the molecule is COc1ccc(CN2CCNC(=O)[C@@H]2CC(=O)N(C)CCc2cnn(C)c2)c(C)c1C. The van der Waals surface area contributed by atoms with E-state index in [1.54, 1.807) is 23.7 Å². The molecule has 0 unspecified atom stereocenters. The van der Waals surface area contributed by atoms with Crippen LogP contribution in [0.3, 0.4) is 0 Å². The lowest BCUT2D eigenvalue weighted by Crippen LogP contribution is -2.56. The summed E-state index contributed by atoms with van der Waals surface area (Å²) < 4.78 is 7.17. The van der Waals surface area contributed by atoms with Crippen molar-refractivity contribution in [3.8, 4) is 5.75 Å². The van der Waals surface area contributed by atoms with Crippen LogP contribution in [-0.2, 0) is 29.6 Å². The fourth-order valence-electron chi connectivity index (χ4n) is 3.98. The smallest absolute Gasteiger partial charge is 0.237 e. The van der Waals surface area contributed by atoms with Crippen LogP contribution < -0.4 is 10.1 Å². The standard InChI is InChI=1S/C23H33N5O3/c1-16-17(2)21(31-5)7-6-19(16)15-28-11-9-24-23(30)20(28)12-22(29)26(3)10-8-18-13-25-27(4)14-18/h6-7,13-14,20H,8-12,15H2,1-5H3,(H,24,30)/t20-/m0/s1. The minimum Gasteiger partial charge on any atom is -0.496 e. The largest absolute Gasteiger partial charge is 0.496 e. The number of amides is 2. The van der Waals surface area contributed by atoms with Gasteiger partial charge in [0.25, 0.3) is 0 Å². The van der Waals surface area contributed by atoms with Crippen molar-refractivity contribution in [1.29, 1.82) is 0 Å². The first kappa shape index (κ1) is 22.8. The highest BCUT2D eigenvalue weighted by molar-refractivity contribution is 5.88. The van der Waals surface area contributed by atoms with Crippen molar-refractivity contribution in [1.82, 2.24) is 24.9 Å². The molecular formula is C23H33N5O3. The maximum atomic E-state index is 12.9. The number of carbonyl (C=O) groups is 2. The third-order valence-electron chi connectivity index (χ3n) is 6.17. The number of piperazine rings is 1. The third-order valence-corrected chi connectivity index (χ3v) is 6.17. The van der Waals surface area contributed by atoms with Gasteiger partial charge in [-0.25, -0.2) is 0 Å². The van der Waals surface area contributed by atoms with Crippen molar-refractivity contribution >= 4 is 11.8 Å². The summed E-state index contributed by atoms with van der Waals surface area (Å²) in [6, 6.07) is 3.55. The second-order valence-corrected chi connectivity index (χ2v) is 8.25. The van der Waals surface area contributed by atoms with E-state index >= 15 is 0 Å². The molecule has 1 aliphatic rings. The molecule has 1 aliphatic heterocycles. The van der Waals surface area contributed by atoms with Crippen LogP contribution in [0, 0.1) is 13.8 Å². The normalized spacial score (nSPS) is 16.8. The number of benzene rings is 1. The van der Waals surface area contributed by atoms with Crippen LogP contribution in [0.4, 0.5) is 0 Å². The number of aryl methyl sites for hydroxylation is 1. The molecule has 0 bridgehead atoms. The van der Waals surface area contributed by atoms with E-state index in [9.17, 15) is 9.59 Å². The van der Waals surface area contributed by atoms with Gasteiger partial charge in [0.05, 0.1) is 25.8 Å². The highest BCUT2D eigenvalue weighted by atomic mass is 16.5. The number of likely N-dealkylation sites (N-methyl/N-ethyl adjacent to an activating group) is 1. The number of hydrogen-bond acceptors (Lipinski definition) is 5. The first-order chi connectivity index (χ1) is 14.8. The number of carbonyl (C=O) groups excluding carboxylic acids is 2. The Morgan fingerprint density at radius 3 is 2.77 bits per heavy atom. The fraction of sp³-hybridized carbons (Fsp3) is 0.522. The van der Waals surface area contributed by atoms with Gasteiger partial charge in [-0.1, -0.05) is 6.07 Å². The second kappa shape index (κ2) is 9.96. The molecule has 0 radical (unpaired) electrons. The van der Waals surface area contributed by atoms with E-state index in [-0.39, 0.29) is 18.2 Å². The third kappa shape index (κ3) is 5.44. The van der Waals surface area contributed by atoms with E-state index < -0.39 is 6.04 Å². The van der Waals surface area contributed by atoms with Crippen molar-refractivity contribution < 1.29 is 14.3 Å². The molecule has 0 spiro atoms. The predicted octanol–water partition coefficient (Wildman–Crippen LogP) is 1.44. The summed E-state index contributed by atoms with van der Waals surface area (Å²) in [6.45, 7) is 6.64. The number of methoxy groups -OCH3 is 1.